The molecule has 1 rings (SSSR count). The van der Waals surface area contributed by atoms with Gasteiger partial charge in [0, 0.05) is 23.6 Å². The Morgan fingerprint density at radius 1 is 1.47 bits per heavy atom. The van der Waals surface area contributed by atoms with Crippen molar-refractivity contribution in [2.24, 2.45) is 0 Å². The molecule has 0 fully saturated rings. The molecule has 81 valence electrons. The highest BCUT2D eigenvalue weighted by atomic mass is 27.0. The van der Waals surface area contributed by atoms with Gasteiger partial charge in [-0.2, -0.15) is 0 Å². The largest absolute Gasteiger partial charge is 0.477 e. The van der Waals surface area contributed by atoms with Crippen LogP contribution in [-0.4, -0.2) is 38.9 Å². The third-order valence-corrected chi connectivity index (χ3v) is 1.86. The number of carboxylic acids is 1. The van der Waals surface area contributed by atoms with Crippen LogP contribution in [0.25, 0.3) is 0 Å². The van der Waals surface area contributed by atoms with Crippen molar-refractivity contribution in [3.05, 3.63) is 29.6 Å². The molecule has 0 aliphatic carbocycles. The molecular formula is C10H15AlNO3. The fraction of sp³-hybridized carbons (Fsp3) is 0.400. The molecule has 5 heteroatoms. The van der Waals surface area contributed by atoms with E-state index in [0.717, 1.165) is 24.8 Å². The number of carboxylic acid groups (broad SMARTS) is 1. The Kier molecular flexibility index (Phi) is 9.29. The van der Waals surface area contributed by atoms with Gasteiger partial charge in [-0.1, -0.05) is 19.4 Å². The van der Waals surface area contributed by atoms with Crippen LogP contribution in [0, 0.1) is 0 Å². The van der Waals surface area contributed by atoms with Crippen molar-refractivity contribution in [1.82, 2.24) is 4.98 Å². The fourth-order valence-corrected chi connectivity index (χ4v) is 1.08. The smallest absolute Gasteiger partial charge is 0.354 e. The van der Waals surface area contributed by atoms with Crippen molar-refractivity contribution in [2.75, 3.05) is 0 Å². The number of carbonyl (C=O) groups is 1. The quantitative estimate of drug-likeness (QED) is 0.772. The highest BCUT2D eigenvalue weighted by Gasteiger charge is 2.02. The summed E-state index contributed by atoms with van der Waals surface area (Å²) in [4.78, 5) is 14.3. The number of hydrogen-bond acceptors (Lipinski definition) is 2. The zero-order chi connectivity index (χ0) is 9.68. The minimum absolute atomic E-state index is 0. The van der Waals surface area contributed by atoms with Crippen LogP contribution in [-0.2, 0) is 6.42 Å². The van der Waals surface area contributed by atoms with E-state index in [1.165, 1.54) is 0 Å². The van der Waals surface area contributed by atoms with E-state index < -0.39 is 5.97 Å². The van der Waals surface area contributed by atoms with E-state index in [-0.39, 0.29) is 28.5 Å². The first-order chi connectivity index (χ1) is 6.24. The first-order valence-electron chi connectivity index (χ1n) is 4.42. The number of aromatic carboxylic acids is 1. The van der Waals surface area contributed by atoms with Gasteiger partial charge < -0.3 is 10.6 Å². The molecule has 0 atom stereocenters. The molecule has 3 N–H and O–H groups in total. The summed E-state index contributed by atoms with van der Waals surface area (Å²) in [6.07, 6.45) is 4.87. The molecule has 0 unspecified atom stereocenters. The van der Waals surface area contributed by atoms with Gasteiger partial charge in [-0.25, -0.2) is 9.78 Å². The van der Waals surface area contributed by atoms with Crippen LogP contribution in [0.1, 0.15) is 35.8 Å². The van der Waals surface area contributed by atoms with Gasteiger partial charge in [0.2, 0.25) is 0 Å². The normalized spacial score (nSPS) is 8.60. The molecule has 15 heavy (non-hydrogen) atoms. The molecule has 4 nitrogen and oxygen atoms in total. The number of pyridine rings is 1. The summed E-state index contributed by atoms with van der Waals surface area (Å²) in [7, 11) is 0. The maximum atomic E-state index is 10.5. The van der Waals surface area contributed by atoms with Gasteiger partial charge >= 0.3 is 5.97 Å². The summed E-state index contributed by atoms with van der Waals surface area (Å²) in [6.45, 7) is 2.12. The Hall–Kier alpha value is -0.888. The number of aromatic nitrogens is 1. The summed E-state index contributed by atoms with van der Waals surface area (Å²) in [5.41, 5.74) is 1.21. The fourth-order valence-electron chi connectivity index (χ4n) is 1.08. The second-order valence-corrected chi connectivity index (χ2v) is 2.96. The number of nitrogens with zero attached hydrogens (tertiary/aromatic N) is 1. The summed E-state index contributed by atoms with van der Waals surface area (Å²) in [5, 5.41) is 8.59. The van der Waals surface area contributed by atoms with Crippen molar-refractivity contribution in [3.8, 4) is 0 Å². The molecule has 0 amide bonds. The van der Waals surface area contributed by atoms with Gasteiger partial charge in [-0.3, -0.25) is 0 Å². The summed E-state index contributed by atoms with van der Waals surface area (Å²) >= 11 is 0. The number of rotatable bonds is 4. The monoisotopic (exact) mass is 224 g/mol. The molecule has 1 aromatic rings. The molecule has 0 bridgehead atoms. The lowest BCUT2D eigenvalue weighted by Crippen LogP contribution is -2.00. The van der Waals surface area contributed by atoms with E-state index in [1.54, 1.807) is 12.3 Å². The van der Waals surface area contributed by atoms with Crippen LogP contribution >= 0.6 is 0 Å². The molecule has 3 radical (unpaired) electrons. The topological polar surface area (TPSA) is 81.7 Å². The van der Waals surface area contributed by atoms with Crippen molar-refractivity contribution in [3.63, 3.8) is 0 Å². The first kappa shape index (κ1) is 16.5. The maximum absolute atomic E-state index is 10.5. The van der Waals surface area contributed by atoms with Gasteiger partial charge in [0.25, 0.3) is 0 Å². The van der Waals surface area contributed by atoms with Gasteiger partial charge in [-0.15, -0.1) is 0 Å². The maximum Gasteiger partial charge on any atom is 0.354 e. The predicted molar refractivity (Wildman–Crippen MR) is 59.2 cm³/mol. The van der Waals surface area contributed by atoms with Crippen LogP contribution < -0.4 is 0 Å². The lowest BCUT2D eigenvalue weighted by atomic mass is 10.1. The van der Waals surface area contributed by atoms with Crippen LogP contribution in [0.4, 0.5) is 0 Å². The Morgan fingerprint density at radius 2 is 2.13 bits per heavy atom. The van der Waals surface area contributed by atoms with E-state index in [9.17, 15) is 4.79 Å². The van der Waals surface area contributed by atoms with Crippen molar-refractivity contribution in [1.29, 1.82) is 0 Å². The van der Waals surface area contributed by atoms with Crippen molar-refractivity contribution in [2.45, 2.75) is 26.2 Å². The standard InChI is InChI=1S/C10H13NO2.Al.H2O/c1-2-3-4-8-5-6-9(10(12)13)11-7-8;;/h5-7H,2-4H2,1H3,(H,12,13);;1H2. The Balaban J connectivity index is 0. The van der Waals surface area contributed by atoms with Gasteiger partial charge in [-0.05, 0) is 24.5 Å². The molecule has 0 aromatic carbocycles. The molecule has 1 aromatic heterocycles. The number of unbranched alkanes of at least 4 members (excludes halogenated alkanes) is 1. The average molecular weight is 224 g/mol. The van der Waals surface area contributed by atoms with Crippen LogP contribution in [0.2, 0.25) is 0 Å². The minimum atomic E-state index is -0.970. The molecular weight excluding hydrogens is 209 g/mol. The van der Waals surface area contributed by atoms with Crippen molar-refractivity contribution < 1.29 is 15.4 Å². The van der Waals surface area contributed by atoms with E-state index in [2.05, 4.69) is 11.9 Å². The van der Waals surface area contributed by atoms with Gasteiger partial charge in [0.15, 0.2) is 0 Å². The second kappa shape index (κ2) is 8.42. The zero-order valence-electron chi connectivity index (χ0n) is 8.73. The van der Waals surface area contributed by atoms with Gasteiger partial charge in [0.05, 0.1) is 0 Å². The highest BCUT2D eigenvalue weighted by Crippen LogP contribution is 2.04. The third-order valence-electron chi connectivity index (χ3n) is 1.86. The summed E-state index contributed by atoms with van der Waals surface area (Å²) in [6, 6.07) is 3.37. The number of hydrogen-bond donors (Lipinski definition) is 1. The Bertz CT molecular complexity index is 287. The van der Waals surface area contributed by atoms with Crippen LogP contribution in [0.15, 0.2) is 18.3 Å². The Morgan fingerprint density at radius 3 is 2.53 bits per heavy atom. The number of aryl methyl sites for hydroxylation is 1. The van der Waals surface area contributed by atoms with Gasteiger partial charge in [0.1, 0.15) is 5.69 Å². The minimum Gasteiger partial charge on any atom is -0.477 e. The first-order valence-corrected chi connectivity index (χ1v) is 4.42. The SMILES string of the molecule is CCCCc1ccc(C(=O)O)nc1.O.[Al]. The zero-order valence-corrected chi connectivity index (χ0v) is 9.89. The molecule has 1 heterocycles. The lowest BCUT2D eigenvalue weighted by molar-refractivity contribution is 0.0690. The molecule has 0 aliphatic rings. The summed E-state index contributed by atoms with van der Waals surface area (Å²) < 4.78 is 0. The molecule has 0 saturated heterocycles. The second-order valence-electron chi connectivity index (χ2n) is 2.96. The molecule has 0 saturated carbocycles. The van der Waals surface area contributed by atoms with Crippen LogP contribution in [0.5, 0.6) is 0 Å². The average Bonchev–Trinajstić information content (AvgIpc) is 2.15. The predicted octanol–water partition coefficient (Wildman–Crippen LogP) is 0.917. The van der Waals surface area contributed by atoms with E-state index in [0.29, 0.717) is 0 Å². The molecule has 0 spiro atoms. The van der Waals surface area contributed by atoms with E-state index in [1.807, 2.05) is 6.07 Å². The lowest BCUT2D eigenvalue weighted by Gasteiger charge is -1.98. The van der Waals surface area contributed by atoms with E-state index in [4.69, 9.17) is 5.11 Å². The highest BCUT2D eigenvalue weighted by molar-refractivity contribution is 5.85. The summed E-state index contributed by atoms with van der Waals surface area (Å²) in [5.74, 6) is -0.970. The third kappa shape index (κ3) is 5.53. The van der Waals surface area contributed by atoms with Crippen molar-refractivity contribution >= 4 is 23.3 Å². The molecule has 0 aliphatic heterocycles. The van der Waals surface area contributed by atoms with E-state index >= 15 is 0 Å². The Labute approximate surface area is 99.8 Å². The van der Waals surface area contributed by atoms with Crippen LogP contribution in [0.3, 0.4) is 0 Å².